The Morgan fingerprint density at radius 3 is 2.30 bits per heavy atom. The highest BCUT2D eigenvalue weighted by molar-refractivity contribution is 4.97. The molecule has 0 amide bonds. The van der Waals surface area contributed by atoms with Crippen molar-refractivity contribution in [2.75, 3.05) is 13.1 Å². The number of nitrogens with one attached hydrogen (secondary N) is 1. The van der Waals surface area contributed by atoms with Crippen molar-refractivity contribution in [3.63, 3.8) is 0 Å². The maximum Gasteiger partial charge on any atom is 0.116 e. The van der Waals surface area contributed by atoms with Gasteiger partial charge in [-0.05, 0) is 44.7 Å². The molecule has 0 bridgehead atoms. The van der Waals surface area contributed by atoms with Gasteiger partial charge in [-0.3, -0.25) is 0 Å². The molecule has 1 heterocycles. The minimum Gasteiger partial charge on any atom is -0.316 e. The van der Waals surface area contributed by atoms with Crippen molar-refractivity contribution in [2.45, 2.75) is 31.4 Å². The number of alkyl halides is 1. The van der Waals surface area contributed by atoms with Gasteiger partial charge in [0, 0.05) is 0 Å². The molecule has 1 N–H and O–H groups in total. The maximum atomic E-state index is 13.7. The lowest BCUT2D eigenvalue weighted by molar-refractivity contribution is 0.0895. The van der Waals surface area contributed by atoms with E-state index in [0.717, 1.165) is 38.8 Å². The largest absolute Gasteiger partial charge is 0.316 e. The third kappa shape index (κ3) is 1.05. The smallest absolute Gasteiger partial charge is 0.116 e. The Morgan fingerprint density at radius 1 is 1.20 bits per heavy atom. The third-order valence-corrected chi connectivity index (χ3v) is 2.74. The molecule has 1 saturated carbocycles. The molecule has 1 nitrogen and oxygen atoms in total. The van der Waals surface area contributed by atoms with Gasteiger partial charge in [0.15, 0.2) is 0 Å². The molecule has 1 saturated heterocycles. The Kier molecular flexibility index (Phi) is 1.44. The van der Waals surface area contributed by atoms with Crippen LogP contribution in [0.3, 0.4) is 0 Å². The molecule has 58 valence electrons. The van der Waals surface area contributed by atoms with Gasteiger partial charge in [-0.15, -0.1) is 0 Å². The predicted molar refractivity (Wildman–Crippen MR) is 38.7 cm³/mol. The molecule has 0 aromatic heterocycles. The molecule has 0 spiro atoms. The van der Waals surface area contributed by atoms with Crippen molar-refractivity contribution in [2.24, 2.45) is 5.92 Å². The zero-order valence-electron chi connectivity index (χ0n) is 6.20. The number of piperidine rings is 1. The van der Waals surface area contributed by atoms with Crippen LogP contribution in [0.15, 0.2) is 0 Å². The molecular weight excluding hydrogens is 129 g/mol. The first-order chi connectivity index (χ1) is 4.81. The van der Waals surface area contributed by atoms with Crippen molar-refractivity contribution in [1.82, 2.24) is 5.32 Å². The van der Waals surface area contributed by atoms with Crippen molar-refractivity contribution in [1.29, 1.82) is 0 Å². The van der Waals surface area contributed by atoms with Crippen LogP contribution in [0.5, 0.6) is 0 Å². The number of rotatable bonds is 1. The van der Waals surface area contributed by atoms with E-state index < -0.39 is 5.67 Å². The van der Waals surface area contributed by atoms with Gasteiger partial charge < -0.3 is 5.32 Å². The van der Waals surface area contributed by atoms with E-state index in [0.29, 0.717) is 5.92 Å². The normalized spacial score (nSPS) is 32.1. The SMILES string of the molecule is FC1(C2CC2)CCNCC1. The van der Waals surface area contributed by atoms with Crippen LogP contribution in [0.4, 0.5) is 4.39 Å². The third-order valence-electron chi connectivity index (χ3n) is 2.74. The maximum absolute atomic E-state index is 13.7. The summed E-state index contributed by atoms with van der Waals surface area (Å²) in [6.07, 6.45) is 3.77. The molecule has 2 aliphatic rings. The molecule has 0 radical (unpaired) electrons. The summed E-state index contributed by atoms with van der Waals surface area (Å²) in [5.74, 6) is 0.426. The first kappa shape index (κ1) is 6.59. The summed E-state index contributed by atoms with van der Waals surface area (Å²) in [6.45, 7) is 1.76. The minimum absolute atomic E-state index is 0.426. The molecule has 0 atom stereocenters. The van der Waals surface area contributed by atoms with Crippen LogP contribution in [0.1, 0.15) is 25.7 Å². The topological polar surface area (TPSA) is 12.0 Å². The van der Waals surface area contributed by atoms with Crippen LogP contribution >= 0.6 is 0 Å². The highest BCUT2D eigenvalue weighted by Crippen LogP contribution is 2.46. The Balaban J connectivity index is 1.97. The summed E-state index contributed by atoms with van der Waals surface area (Å²) in [6, 6.07) is 0. The van der Waals surface area contributed by atoms with Crippen molar-refractivity contribution in [3.05, 3.63) is 0 Å². The Morgan fingerprint density at radius 2 is 1.80 bits per heavy atom. The van der Waals surface area contributed by atoms with Gasteiger partial charge in [-0.25, -0.2) is 4.39 Å². The van der Waals surface area contributed by atoms with Gasteiger partial charge in [-0.1, -0.05) is 0 Å². The molecular formula is C8H14FN. The average Bonchev–Trinajstić information content (AvgIpc) is 2.69. The highest BCUT2D eigenvalue weighted by atomic mass is 19.1. The summed E-state index contributed by atoms with van der Waals surface area (Å²) in [5, 5.41) is 3.18. The second-order valence-electron chi connectivity index (χ2n) is 3.56. The first-order valence-electron chi connectivity index (χ1n) is 4.21. The fraction of sp³-hybridized carbons (Fsp3) is 1.00. The molecule has 2 heteroatoms. The highest BCUT2D eigenvalue weighted by Gasteiger charge is 2.45. The summed E-state index contributed by atoms with van der Waals surface area (Å²) in [4.78, 5) is 0. The fourth-order valence-corrected chi connectivity index (χ4v) is 1.85. The fourth-order valence-electron chi connectivity index (χ4n) is 1.85. The van der Waals surface area contributed by atoms with Gasteiger partial charge in [-0.2, -0.15) is 0 Å². The van der Waals surface area contributed by atoms with E-state index in [1.54, 1.807) is 0 Å². The van der Waals surface area contributed by atoms with E-state index >= 15 is 0 Å². The van der Waals surface area contributed by atoms with Gasteiger partial charge in [0.05, 0.1) is 0 Å². The molecule has 2 fully saturated rings. The van der Waals surface area contributed by atoms with Crippen molar-refractivity contribution < 1.29 is 4.39 Å². The van der Waals surface area contributed by atoms with E-state index in [4.69, 9.17) is 0 Å². The summed E-state index contributed by atoms with van der Waals surface area (Å²) in [7, 11) is 0. The second-order valence-corrected chi connectivity index (χ2v) is 3.56. The van der Waals surface area contributed by atoms with Crippen LogP contribution in [-0.2, 0) is 0 Å². The summed E-state index contributed by atoms with van der Waals surface area (Å²) < 4.78 is 13.7. The van der Waals surface area contributed by atoms with Crippen LogP contribution < -0.4 is 5.32 Å². The number of hydrogen-bond donors (Lipinski definition) is 1. The Bertz CT molecular complexity index is 125. The molecule has 0 aromatic rings. The number of hydrogen-bond acceptors (Lipinski definition) is 1. The van der Waals surface area contributed by atoms with Crippen molar-refractivity contribution in [3.8, 4) is 0 Å². The Labute approximate surface area is 61.0 Å². The lowest BCUT2D eigenvalue weighted by Gasteiger charge is -2.29. The second kappa shape index (κ2) is 2.19. The quantitative estimate of drug-likeness (QED) is 0.586. The summed E-state index contributed by atoms with van der Waals surface area (Å²) >= 11 is 0. The van der Waals surface area contributed by atoms with Crippen LogP contribution in [-0.4, -0.2) is 18.8 Å². The van der Waals surface area contributed by atoms with E-state index in [1.807, 2.05) is 0 Å². The molecule has 10 heavy (non-hydrogen) atoms. The molecule has 2 rings (SSSR count). The lowest BCUT2D eigenvalue weighted by Crippen LogP contribution is -2.40. The van der Waals surface area contributed by atoms with E-state index in [1.165, 1.54) is 0 Å². The number of halogens is 1. The van der Waals surface area contributed by atoms with E-state index in [9.17, 15) is 4.39 Å². The zero-order chi connectivity index (χ0) is 7.03. The predicted octanol–water partition coefficient (Wildman–Crippen LogP) is 1.49. The summed E-state index contributed by atoms with van der Waals surface area (Å²) in [5.41, 5.74) is -0.773. The van der Waals surface area contributed by atoms with Crippen LogP contribution in [0, 0.1) is 5.92 Å². The molecule has 0 unspecified atom stereocenters. The van der Waals surface area contributed by atoms with Crippen LogP contribution in [0.25, 0.3) is 0 Å². The monoisotopic (exact) mass is 143 g/mol. The Hall–Kier alpha value is -0.110. The standard InChI is InChI=1S/C8H14FN/c9-8(7-1-2-7)3-5-10-6-4-8/h7,10H,1-6H2. The van der Waals surface area contributed by atoms with E-state index in [-0.39, 0.29) is 0 Å². The van der Waals surface area contributed by atoms with Gasteiger partial charge in [0.25, 0.3) is 0 Å². The van der Waals surface area contributed by atoms with E-state index in [2.05, 4.69) is 5.32 Å². The van der Waals surface area contributed by atoms with Gasteiger partial charge in [0.2, 0.25) is 0 Å². The van der Waals surface area contributed by atoms with Crippen molar-refractivity contribution >= 4 is 0 Å². The molecule has 0 aromatic carbocycles. The molecule has 1 aliphatic carbocycles. The minimum atomic E-state index is -0.773. The first-order valence-corrected chi connectivity index (χ1v) is 4.21. The van der Waals surface area contributed by atoms with Gasteiger partial charge in [0.1, 0.15) is 5.67 Å². The average molecular weight is 143 g/mol. The van der Waals surface area contributed by atoms with Gasteiger partial charge >= 0.3 is 0 Å². The zero-order valence-corrected chi connectivity index (χ0v) is 6.20. The molecule has 1 aliphatic heterocycles. The lowest BCUT2D eigenvalue weighted by atomic mass is 9.89. The van der Waals surface area contributed by atoms with Crippen LogP contribution in [0.2, 0.25) is 0 Å².